The van der Waals surface area contributed by atoms with Gasteiger partial charge in [0.05, 0.1) is 0 Å². The number of nitrogens with two attached hydrogens (primary N) is 3. The Morgan fingerprint density at radius 1 is 0.652 bits per heavy atom. The molecule has 0 spiro atoms. The topological polar surface area (TPSA) is 258 Å². The summed E-state index contributed by atoms with van der Waals surface area (Å²) < 4.78 is 66.0. The Labute approximate surface area is 394 Å². The number of unbranched alkanes of at least 4 members (excludes halogenated alkanes) is 2. The molecule has 2 aromatic carbocycles. The highest BCUT2D eigenvalue weighted by atomic mass is 19.1. The van der Waals surface area contributed by atoms with Crippen molar-refractivity contribution >= 4 is 39.9 Å². The zero-order valence-electron chi connectivity index (χ0n) is 38.6. The molecule has 8 heterocycles. The van der Waals surface area contributed by atoms with Gasteiger partial charge in [0, 0.05) is 49.5 Å². The number of furan rings is 2. The summed E-state index contributed by atoms with van der Waals surface area (Å²) in [6.07, 6.45) is 2.34. The van der Waals surface area contributed by atoms with E-state index in [9.17, 15) is 13.6 Å². The first-order chi connectivity index (χ1) is 33.3. The number of rotatable bonds is 17. The number of halogens is 2. The molecule has 0 aliphatic carbocycles. The van der Waals surface area contributed by atoms with E-state index in [2.05, 4.69) is 44.1 Å². The highest BCUT2D eigenvalue weighted by Gasteiger charge is 2.25. The maximum Gasteiger partial charge on any atom is 0.312 e. The zero-order chi connectivity index (χ0) is 48.3. The lowest BCUT2D eigenvalue weighted by molar-refractivity contribution is -0.118. The van der Waals surface area contributed by atoms with Crippen molar-refractivity contribution in [2.45, 2.75) is 91.8 Å². The number of hydrogen-bond acceptors (Lipinski definition) is 16. The smallest absolute Gasteiger partial charge is 0.312 e. The summed E-state index contributed by atoms with van der Waals surface area (Å²) >= 11 is 0. The van der Waals surface area contributed by atoms with E-state index in [1.807, 2.05) is 71.5 Å². The molecule has 2 aliphatic heterocycles. The molecule has 0 radical (unpaired) electrons. The van der Waals surface area contributed by atoms with Crippen LogP contribution in [-0.4, -0.2) is 71.1 Å². The molecule has 0 saturated heterocycles. The van der Waals surface area contributed by atoms with Crippen molar-refractivity contribution in [2.24, 2.45) is 5.73 Å². The number of anilines is 2. The van der Waals surface area contributed by atoms with Gasteiger partial charge < -0.3 is 59.4 Å². The van der Waals surface area contributed by atoms with Crippen molar-refractivity contribution in [3.05, 3.63) is 95.0 Å². The lowest BCUT2D eigenvalue weighted by Gasteiger charge is -2.13. The van der Waals surface area contributed by atoms with Gasteiger partial charge >= 0.3 is 12.2 Å². The third-order valence-corrected chi connectivity index (χ3v) is 11.7. The maximum absolute atomic E-state index is 14.0. The molecule has 6 aromatic heterocycles. The third kappa shape index (κ3) is 10.2. The molecule has 19 nitrogen and oxygen atoms in total. The predicted octanol–water partition coefficient (Wildman–Crippen LogP) is 7.30. The molecular formula is C48H52F2N12O7. The molecule has 0 saturated carbocycles. The fraction of sp³-hybridized carbons (Fsp3) is 0.354. The van der Waals surface area contributed by atoms with E-state index in [0.717, 1.165) is 65.3 Å². The van der Waals surface area contributed by atoms with Gasteiger partial charge in [0.15, 0.2) is 57.0 Å². The normalized spacial score (nSPS) is 12.7. The van der Waals surface area contributed by atoms with Crippen molar-refractivity contribution in [3.8, 4) is 45.6 Å². The Hall–Kier alpha value is -7.81. The van der Waals surface area contributed by atoms with Crippen molar-refractivity contribution in [3.63, 3.8) is 0 Å². The first-order valence-electron chi connectivity index (χ1n) is 22.6. The van der Waals surface area contributed by atoms with Gasteiger partial charge in [-0.05, 0) is 99.3 Å². The molecule has 0 bridgehead atoms. The van der Waals surface area contributed by atoms with Gasteiger partial charge in [-0.3, -0.25) is 4.79 Å². The summed E-state index contributed by atoms with van der Waals surface area (Å²) in [6, 6.07) is 15.7. The van der Waals surface area contributed by atoms with Crippen molar-refractivity contribution in [1.82, 2.24) is 44.4 Å². The minimum Gasteiger partial charge on any atom is -0.461 e. The second-order valence-corrected chi connectivity index (χ2v) is 17.1. The summed E-state index contributed by atoms with van der Waals surface area (Å²) in [5.74, 6) is 6.62. The van der Waals surface area contributed by atoms with Gasteiger partial charge in [-0.25, -0.2) is 9.97 Å². The molecular weight excluding hydrogens is 895 g/mol. The van der Waals surface area contributed by atoms with Crippen LogP contribution in [0.2, 0.25) is 0 Å². The van der Waals surface area contributed by atoms with Crippen LogP contribution in [0.15, 0.2) is 57.4 Å². The minimum atomic E-state index is -0.911. The number of carbonyl (C=O) groups is 1. The average molecular weight is 947 g/mol. The molecule has 69 heavy (non-hydrogen) atoms. The summed E-state index contributed by atoms with van der Waals surface area (Å²) in [7, 11) is 0. The monoisotopic (exact) mass is 946 g/mol. The van der Waals surface area contributed by atoms with E-state index >= 15 is 0 Å². The van der Waals surface area contributed by atoms with E-state index < -0.39 is 12.2 Å². The van der Waals surface area contributed by atoms with Gasteiger partial charge in [-0.1, -0.05) is 20.3 Å². The third-order valence-electron chi connectivity index (χ3n) is 11.7. The number of nitrogens with zero attached hydrogens (tertiary/aromatic N) is 8. The second-order valence-electron chi connectivity index (χ2n) is 17.1. The Morgan fingerprint density at radius 2 is 1.12 bits per heavy atom. The number of fused-ring (bicyclic) bond motifs is 4. The maximum atomic E-state index is 14.0. The Kier molecular flexibility index (Phi) is 13.3. The van der Waals surface area contributed by atoms with E-state index in [4.69, 9.17) is 50.0 Å². The van der Waals surface area contributed by atoms with Gasteiger partial charge in [0.2, 0.25) is 19.5 Å². The number of primary amides is 1. The molecule has 360 valence electrons. The van der Waals surface area contributed by atoms with Gasteiger partial charge in [-0.2, -0.15) is 28.7 Å². The van der Waals surface area contributed by atoms with Gasteiger partial charge in [-0.15, -0.1) is 0 Å². The van der Waals surface area contributed by atoms with Crippen LogP contribution >= 0.6 is 0 Å². The molecule has 1 amide bonds. The number of benzene rings is 2. The van der Waals surface area contributed by atoms with Crippen LogP contribution in [0.25, 0.3) is 45.0 Å². The summed E-state index contributed by atoms with van der Waals surface area (Å²) in [5, 5.41) is 3.40. The quantitative estimate of drug-likeness (QED) is 0.0515. The summed E-state index contributed by atoms with van der Waals surface area (Å²) in [6.45, 7) is 10.2. The van der Waals surface area contributed by atoms with E-state index in [1.165, 1.54) is 0 Å². The average Bonchev–Trinajstić information content (AvgIpc) is 4.18. The van der Waals surface area contributed by atoms with Crippen molar-refractivity contribution in [2.75, 3.05) is 31.6 Å². The first-order valence-corrected chi connectivity index (χ1v) is 22.6. The Morgan fingerprint density at radius 3 is 1.55 bits per heavy atom. The molecule has 0 fully saturated rings. The second kappa shape index (κ2) is 19.8. The number of nitrogen functional groups attached to an aromatic ring is 2. The highest BCUT2D eigenvalue weighted by molar-refractivity contribution is 5.83. The fourth-order valence-corrected chi connectivity index (χ4v) is 8.41. The zero-order valence-corrected chi connectivity index (χ0v) is 38.6. The van der Waals surface area contributed by atoms with E-state index in [0.29, 0.717) is 108 Å². The standard InChI is InChI=1S/C24H25FN6O4.C24H27FN6O3/c1-13-6-7-16(35-13)15-11-18-17(33-12-34-18)9-14(15)10-20-28-21-22(27)29-24(25)30-23(21)31(20)8-4-2-3-5-19(26)32;1-13(2)27-7-4-8-31-20(28-21-22(26)29-24(25)30-23(21)31)10-15-9-18-19(33-12-32-18)11-16(15)17-6-5-14(3)34-17/h6-7,9,11H,2-5,8,10,12H2,1H3,(H2,26,32)(H2,27,29,30);5-6,9,11,13,27H,4,7-8,10,12H2,1-3H3,(H2,26,29,30). The molecule has 0 atom stereocenters. The number of imidazole rings is 2. The number of hydrogen-bond donors (Lipinski definition) is 4. The molecule has 0 unspecified atom stereocenters. The van der Waals surface area contributed by atoms with Crippen LogP contribution in [0.1, 0.15) is 80.2 Å². The lowest BCUT2D eigenvalue weighted by atomic mass is 10.0. The van der Waals surface area contributed by atoms with Crippen molar-refractivity contribution < 1.29 is 41.4 Å². The van der Waals surface area contributed by atoms with Crippen LogP contribution in [-0.2, 0) is 30.7 Å². The Bertz CT molecular complexity index is 3180. The number of carbonyl (C=O) groups excluding carboxylic acids is 1. The summed E-state index contributed by atoms with van der Waals surface area (Å²) in [4.78, 5) is 35.7. The summed E-state index contributed by atoms with van der Waals surface area (Å²) in [5.41, 5.74) is 22.2. The number of aryl methyl sites for hydroxylation is 4. The fourth-order valence-electron chi connectivity index (χ4n) is 8.41. The predicted molar refractivity (Wildman–Crippen MR) is 250 cm³/mol. The molecule has 21 heteroatoms. The van der Waals surface area contributed by atoms with Crippen LogP contribution in [0.4, 0.5) is 20.4 Å². The largest absolute Gasteiger partial charge is 0.461 e. The van der Waals surface area contributed by atoms with Crippen molar-refractivity contribution in [1.29, 1.82) is 0 Å². The van der Waals surface area contributed by atoms with E-state index in [1.54, 1.807) is 0 Å². The lowest BCUT2D eigenvalue weighted by Crippen LogP contribution is -2.24. The van der Waals surface area contributed by atoms with Crippen LogP contribution in [0.5, 0.6) is 23.0 Å². The number of aromatic nitrogens is 8. The minimum absolute atomic E-state index is 0.0196. The first kappa shape index (κ1) is 46.3. The molecule has 7 N–H and O–H groups in total. The Balaban J connectivity index is 0.000000172. The van der Waals surface area contributed by atoms with Crippen LogP contribution in [0, 0.1) is 26.0 Å². The number of nitrogens with one attached hydrogen (secondary N) is 1. The van der Waals surface area contributed by atoms with Crippen LogP contribution in [0.3, 0.4) is 0 Å². The SMILES string of the molecule is Cc1ccc(-c2cc3c(cc2Cc2nc4c(N)nc(F)nc4n2CCCCCC(N)=O)OCO3)o1.Cc1ccc(-c2cc3c(cc2Cc2nc4c(N)nc(F)nc4n2CCCNC(C)C)OCO3)o1. The molecule has 2 aliphatic rings. The number of amides is 1. The van der Waals surface area contributed by atoms with Gasteiger partial charge in [0.25, 0.3) is 0 Å². The highest BCUT2D eigenvalue weighted by Crippen LogP contribution is 2.42. The van der Waals surface area contributed by atoms with Gasteiger partial charge in [0.1, 0.15) is 34.7 Å². The number of ether oxygens (including phenoxy) is 4. The molecule has 10 rings (SSSR count). The molecule has 8 aromatic rings. The van der Waals surface area contributed by atoms with E-state index in [-0.39, 0.29) is 31.1 Å². The van der Waals surface area contributed by atoms with Crippen LogP contribution < -0.4 is 41.5 Å².